The maximum Gasteiger partial charge on any atom is 0.0465 e. The van der Waals surface area contributed by atoms with Crippen molar-refractivity contribution in [1.29, 1.82) is 0 Å². The van der Waals surface area contributed by atoms with Gasteiger partial charge < -0.3 is 4.74 Å². The molecule has 3 nitrogen and oxygen atoms in total. The number of methoxy groups -OCH3 is 1. The van der Waals surface area contributed by atoms with Crippen molar-refractivity contribution in [2.75, 3.05) is 13.7 Å². The third-order valence-corrected chi connectivity index (χ3v) is 3.45. The molecular formula is C11H20N2OS. The Bertz CT molecular complexity index is 251. The first-order valence-electron chi connectivity index (χ1n) is 5.24. The first-order valence-corrected chi connectivity index (χ1v) is 6.18. The summed E-state index contributed by atoms with van der Waals surface area (Å²) in [6.45, 7) is 3.00. The second-order valence-electron chi connectivity index (χ2n) is 3.87. The average Bonchev–Trinajstić information content (AvgIpc) is 2.75. The van der Waals surface area contributed by atoms with E-state index in [-0.39, 0.29) is 0 Å². The molecule has 1 rings (SSSR count). The van der Waals surface area contributed by atoms with E-state index in [1.54, 1.807) is 18.4 Å². The van der Waals surface area contributed by atoms with Gasteiger partial charge in [0, 0.05) is 19.8 Å². The van der Waals surface area contributed by atoms with E-state index in [1.165, 1.54) is 5.56 Å². The molecule has 0 aromatic carbocycles. The Morgan fingerprint density at radius 1 is 1.60 bits per heavy atom. The molecule has 0 saturated heterocycles. The van der Waals surface area contributed by atoms with Crippen molar-refractivity contribution in [3.05, 3.63) is 22.4 Å². The van der Waals surface area contributed by atoms with Crippen molar-refractivity contribution >= 4 is 11.3 Å². The maximum absolute atomic E-state index is 5.57. The van der Waals surface area contributed by atoms with E-state index in [9.17, 15) is 0 Å². The van der Waals surface area contributed by atoms with Crippen LogP contribution in [0.3, 0.4) is 0 Å². The molecule has 86 valence electrons. The Hall–Kier alpha value is -0.420. The normalized spacial score (nSPS) is 15.1. The van der Waals surface area contributed by atoms with Crippen molar-refractivity contribution in [3.8, 4) is 0 Å². The number of nitrogens with two attached hydrogens (primary N) is 1. The molecule has 0 bridgehead atoms. The smallest absolute Gasteiger partial charge is 0.0465 e. The largest absolute Gasteiger partial charge is 0.385 e. The van der Waals surface area contributed by atoms with E-state index < -0.39 is 0 Å². The van der Waals surface area contributed by atoms with Crippen molar-refractivity contribution < 1.29 is 4.74 Å². The van der Waals surface area contributed by atoms with Crippen LogP contribution in [0.5, 0.6) is 0 Å². The summed E-state index contributed by atoms with van der Waals surface area (Å²) in [6.07, 6.45) is 2.03. The Morgan fingerprint density at radius 3 is 2.93 bits per heavy atom. The molecule has 0 radical (unpaired) electrons. The first kappa shape index (κ1) is 12.6. The Kier molecular flexibility index (Phi) is 5.86. The van der Waals surface area contributed by atoms with Gasteiger partial charge in [0.05, 0.1) is 0 Å². The van der Waals surface area contributed by atoms with Crippen LogP contribution in [0.25, 0.3) is 0 Å². The molecule has 2 unspecified atom stereocenters. The average molecular weight is 228 g/mol. The summed E-state index contributed by atoms with van der Waals surface area (Å²) in [7, 11) is 1.73. The molecule has 1 aromatic rings. The lowest BCUT2D eigenvalue weighted by Crippen LogP contribution is -2.41. The molecule has 0 spiro atoms. The molecule has 0 fully saturated rings. The standard InChI is InChI=1S/C11H20N2OS/c1-9(3-5-14-2)11(13-12)7-10-4-6-15-8-10/h4,6,8-9,11,13H,3,5,7,12H2,1-2H3. The predicted molar refractivity (Wildman–Crippen MR) is 64.8 cm³/mol. The first-order chi connectivity index (χ1) is 7.27. The second kappa shape index (κ2) is 6.95. The number of thiophene rings is 1. The van der Waals surface area contributed by atoms with Crippen molar-refractivity contribution in [1.82, 2.24) is 5.43 Å². The third-order valence-electron chi connectivity index (χ3n) is 2.71. The number of hydrogen-bond donors (Lipinski definition) is 2. The van der Waals surface area contributed by atoms with Gasteiger partial charge in [-0.1, -0.05) is 6.92 Å². The van der Waals surface area contributed by atoms with Crippen molar-refractivity contribution in [3.63, 3.8) is 0 Å². The zero-order chi connectivity index (χ0) is 11.1. The molecule has 0 aliphatic heterocycles. The van der Waals surface area contributed by atoms with Gasteiger partial charge in [-0.05, 0) is 41.1 Å². The molecule has 1 heterocycles. The highest BCUT2D eigenvalue weighted by molar-refractivity contribution is 7.07. The molecule has 3 N–H and O–H groups in total. The summed E-state index contributed by atoms with van der Waals surface area (Å²) in [5.74, 6) is 6.10. The highest BCUT2D eigenvalue weighted by atomic mass is 32.1. The summed E-state index contributed by atoms with van der Waals surface area (Å²) >= 11 is 1.73. The fraction of sp³-hybridized carbons (Fsp3) is 0.636. The summed E-state index contributed by atoms with van der Waals surface area (Å²) in [4.78, 5) is 0. The molecule has 1 aromatic heterocycles. The predicted octanol–water partition coefficient (Wildman–Crippen LogP) is 1.80. The quantitative estimate of drug-likeness (QED) is 0.552. The van der Waals surface area contributed by atoms with Gasteiger partial charge in [0.2, 0.25) is 0 Å². The fourth-order valence-electron chi connectivity index (χ4n) is 1.59. The maximum atomic E-state index is 5.57. The molecule has 0 aliphatic rings. The van der Waals surface area contributed by atoms with Crippen LogP contribution in [0, 0.1) is 5.92 Å². The highest BCUT2D eigenvalue weighted by Crippen LogP contribution is 2.15. The minimum Gasteiger partial charge on any atom is -0.385 e. The van der Waals surface area contributed by atoms with E-state index in [0.29, 0.717) is 12.0 Å². The van der Waals surface area contributed by atoms with Crippen LogP contribution < -0.4 is 11.3 Å². The lowest BCUT2D eigenvalue weighted by Gasteiger charge is -2.22. The van der Waals surface area contributed by atoms with Crippen LogP contribution >= 0.6 is 11.3 Å². The van der Waals surface area contributed by atoms with Gasteiger partial charge in [-0.15, -0.1) is 0 Å². The van der Waals surface area contributed by atoms with Gasteiger partial charge >= 0.3 is 0 Å². The zero-order valence-electron chi connectivity index (χ0n) is 9.40. The molecule has 4 heteroatoms. The van der Waals surface area contributed by atoms with Crippen LogP contribution in [-0.2, 0) is 11.2 Å². The van der Waals surface area contributed by atoms with Crippen LogP contribution in [0.2, 0.25) is 0 Å². The molecule has 15 heavy (non-hydrogen) atoms. The van der Waals surface area contributed by atoms with Crippen LogP contribution in [0.4, 0.5) is 0 Å². The molecular weight excluding hydrogens is 208 g/mol. The Balaban J connectivity index is 2.40. The van der Waals surface area contributed by atoms with Crippen LogP contribution in [0.15, 0.2) is 16.8 Å². The molecule has 2 atom stereocenters. The van der Waals surface area contributed by atoms with Gasteiger partial charge in [-0.2, -0.15) is 11.3 Å². The third kappa shape index (κ3) is 4.30. The topological polar surface area (TPSA) is 47.3 Å². The van der Waals surface area contributed by atoms with E-state index in [1.807, 2.05) is 0 Å². The van der Waals surface area contributed by atoms with Crippen LogP contribution in [-0.4, -0.2) is 19.8 Å². The van der Waals surface area contributed by atoms with Crippen molar-refractivity contribution in [2.24, 2.45) is 11.8 Å². The van der Waals surface area contributed by atoms with Gasteiger partial charge in [0.15, 0.2) is 0 Å². The lowest BCUT2D eigenvalue weighted by molar-refractivity contribution is 0.170. The molecule has 0 saturated carbocycles. The summed E-state index contributed by atoms with van der Waals surface area (Å²) in [6, 6.07) is 2.48. The number of hydrazine groups is 1. The zero-order valence-corrected chi connectivity index (χ0v) is 10.2. The van der Waals surface area contributed by atoms with Gasteiger partial charge in [-0.25, -0.2) is 0 Å². The Morgan fingerprint density at radius 2 is 2.40 bits per heavy atom. The number of nitrogens with one attached hydrogen (secondary N) is 1. The number of rotatable bonds is 7. The van der Waals surface area contributed by atoms with E-state index >= 15 is 0 Å². The van der Waals surface area contributed by atoms with Crippen molar-refractivity contribution in [2.45, 2.75) is 25.8 Å². The van der Waals surface area contributed by atoms with Gasteiger partial charge in [-0.3, -0.25) is 11.3 Å². The SMILES string of the molecule is COCCC(C)C(Cc1ccsc1)NN. The van der Waals surface area contributed by atoms with E-state index in [0.717, 1.165) is 19.4 Å². The fourth-order valence-corrected chi connectivity index (χ4v) is 2.27. The second-order valence-corrected chi connectivity index (χ2v) is 4.65. The van der Waals surface area contributed by atoms with Gasteiger partial charge in [0.1, 0.15) is 0 Å². The monoisotopic (exact) mass is 228 g/mol. The highest BCUT2D eigenvalue weighted by Gasteiger charge is 2.16. The Labute approximate surface area is 95.6 Å². The number of ether oxygens (including phenoxy) is 1. The molecule has 0 amide bonds. The van der Waals surface area contributed by atoms with E-state index in [2.05, 4.69) is 29.2 Å². The summed E-state index contributed by atoms with van der Waals surface area (Å²) in [5.41, 5.74) is 4.25. The summed E-state index contributed by atoms with van der Waals surface area (Å²) in [5, 5.41) is 4.27. The minimum absolute atomic E-state index is 0.328. The van der Waals surface area contributed by atoms with Crippen LogP contribution in [0.1, 0.15) is 18.9 Å². The summed E-state index contributed by atoms with van der Waals surface area (Å²) < 4.78 is 5.08. The lowest BCUT2D eigenvalue weighted by atomic mass is 9.94. The minimum atomic E-state index is 0.328. The molecule has 0 aliphatic carbocycles. The number of hydrogen-bond acceptors (Lipinski definition) is 4. The van der Waals surface area contributed by atoms with E-state index in [4.69, 9.17) is 10.6 Å². The van der Waals surface area contributed by atoms with Gasteiger partial charge in [0.25, 0.3) is 0 Å².